The Morgan fingerprint density at radius 1 is 0.382 bits per heavy atom. The van der Waals surface area contributed by atoms with Crippen molar-refractivity contribution in [2.24, 2.45) is 0 Å². The molecular weight excluding hydrogens is 976 g/mol. The van der Waals surface area contributed by atoms with Crippen LogP contribution in [0.25, 0.3) is 0 Å². The zero-order chi connectivity index (χ0) is 55.5. The summed E-state index contributed by atoms with van der Waals surface area (Å²) in [6, 6.07) is 0. The molecule has 0 rings (SSSR count). The summed E-state index contributed by atoms with van der Waals surface area (Å²) in [6.07, 6.45) is 70.4. The second-order valence-corrected chi connectivity index (χ2v) is 20.5. The number of unbranched alkanes of at least 4 members (excludes halogenated alkanes) is 16. The Labute approximate surface area is 462 Å². The van der Waals surface area contributed by atoms with Gasteiger partial charge in [0.15, 0.2) is 6.10 Å². The lowest BCUT2D eigenvalue weighted by atomic mass is 10.1. The Balaban J connectivity index is 4.82. The fourth-order valence-electron chi connectivity index (χ4n) is 7.46. The summed E-state index contributed by atoms with van der Waals surface area (Å²) in [4.78, 5) is 48.5. The van der Waals surface area contributed by atoms with Crippen LogP contribution in [0.1, 0.15) is 226 Å². The SMILES string of the molecule is CC/C=C\C/C=C\C/C=C\C/C=C\C/C=C\CCCC(=O)OC(CO)COP(=O)(O)OCC(COC(=O)CC/C=C\C/C=C\C/C=C\C/C=C\CC)OC(=O)CCCCCCCCCCC/C=C\CCCCCCCC. The van der Waals surface area contributed by atoms with E-state index in [2.05, 4.69) is 118 Å². The number of carbonyl (C=O) groups is 3. The Morgan fingerprint density at radius 3 is 1.17 bits per heavy atom. The van der Waals surface area contributed by atoms with Crippen molar-refractivity contribution in [2.45, 2.75) is 238 Å². The number of phosphoric acid groups is 1. The number of rotatable bonds is 53. The molecule has 0 spiro atoms. The number of ether oxygens (including phenoxy) is 3. The highest BCUT2D eigenvalue weighted by Gasteiger charge is 2.28. The number of esters is 3. The maximum atomic E-state index is 12.9. The zero-order valence-electron chi connectivity index (χ0n) is 47.7. The molecule has 3 atom stereocenters. The van der Waals surface area contributed by atoms with E-state index in [0.29, 0.717) is 25.7 Å². The van der Waals surface area contributed by atoms with Gasteiger partial charge in [0.05, 0.1) is 19.8 Å². The molecule has 0 amide bonds. The fraction of sp³-hybridized carbons (Fsp3) is 0.641. The summed E-state index contributed by atoms with van der Waals surface area (Å²) in [5.74, 6) is -1.64. The molecule has 0 aromatic rings. The molecular formula is C64H105O11P. The number of hydrogen-bond donors (Lipinski definition) is 2. The van der Waals surface area contributed by atoms with Crippen molar-refractivity contribution in [1.82, 2.24) is 0 Å². The molecule has 432 valence electrons. The summed E-state index contributed by atoms with van der Waals surface area (Å²) in [5, 5.41) is 9.81. The van der Waals surface area contributed by atoms with Crippen LogP contribution in [-0.2, 0) is 42.2 Å². The summed E-state index contributed by atoms with van der Waals surface area (Å²) in [5.41, 5.74) is 0. The minimum atomic E-state index is -4.79. The number of aliphatic hydroxyl groups is 1. The monoisotopic (exact) mass is 1080 g/mol. The van der Waals surface area contributed by atoms with Gasteiger partial charge in [-0.25, -0.2) is 4.57 Å². The third-order valence-electron chi connectivity index (χ3n) is 11.9. The van der Waals surface area contributed by atoms with Gasteiger partial charge in [-0.05, 0) is 109 Å². The van der Waals surface area contributed by atoms with Gasteiger partial charge < -0.3 is 24.2 Å². The van der Waals surface area contributed by atoms with Crippen molar-refractivity contribution in [3.63, 3.8) is 0 Å². The second-order valence-electron chi connectivity index (χ2n) is 19.0. The van der Waals surface area contributed by atoms with Crippen LogP contribution in [0.4, 0.5) is 0 Å². The quantitative estimate of drug-likeness (QED) is 0.0197. The molecule has 2 N–H and O–H groups in total. The minimum Gasteiger partial charge on any atom is -0.462 e. The lowest BCUT2D eigenvalue weighted by molar-refractivity contribution is -0.161. The van der Waals surface area contributed by atoms with Crippen LogP contribution < -0.4 is 0 Å². The average molecular weight is 1080 g/mol. The van der Waals surface area contributed by atoms with E-state index in [1.807, 2.05) is 24.3 Å². The van der Waals surface area contributed by atoms with Crippen molar-refractivity contribution in [1.29, 1.82) is 0 Å². The second kappa shape index (κ2) is 57.1. The van der Waals surface area contributed by atoms with E-state index in [-0.39, 0.29) is 25.9 Å². The van der Waals surface area contributed by atoms with Crippen LogP contribution in [0.3, 0.4) is 0 Å². The third kappa shape index (κ3) is 54.7. The first-order chi connectivity index (χ1) is 37.2. The molecule has 0 aliphatic heterocycles. The first kappa shape index (κ1) is 71.9. The maximum absolute atomic E-state index is 12.9. The Bertz CT molecular complexity index is 1740. The van der Waals surface area contributed by atoms with Crippen molar-refractivity contribution in [2.75, 3.05) is 26.4 Å². The summed E-state index contributed by atoms with van der Waals surface area (Å²) in [6.45, 7) is 4.26. The average Bonchev–Trinajstić information content (AvgIpc) is 3.41. The number of aliphatic hydroxyl groups excluding tert-OH is 1. The maximum Gasteiger partial charge on any atom is 0.472 e. The highest BCUT2D eigenvalue weighted by atomic mass is 31.2. The molecule has 0 fully saturated rings. The van der Waals surface area contributed by atoms with Crippen molar-refractivity contribution in [3.8, 4) is 0 Å². The minimum absolute atomic E-state index is 0.0885. The smallest absolute Gasteiger partial charge is 0.462 e. The largest absolute Gasteiger partial charge is 0.472 e. The van der Waals surface area contributed by atoms with Crippen LogP contribution in [-0.4, -0.2) is 66.5 Å². The normalized spacial score (nSPS) is 14.2. The Kier molecular flexibility index (Phi) is 54.0. The topological polar surface area (TPSA) is 155 Å². The molecule has 0 aromatic heterocycles. The number of phosphoric ester groups is 1. The third-order valence-corrected chi connectivity index (χ3v) is 12.8. The molecule has 3 unspecified atom stereocenters. The Hall–Kier alpha value is -4.12. The van der Waals surface area contributed by atoms with Crippen molar-refractivity contribution >= 4 is 25.7 Å². The summed E-state index contributed by atoms with van der Waals surface area (Å²) in [7, 11) is -4.79. The predicted molar refractivity (Wildman–Crippen MR) is 316 cm³/mol. The van der Waals surface area contributed by atoms with Crippen molar-refractivity contribution < 1.29 is 52.2 Å². The highest BCUT2D eigenvalue weighted by Crippen LogP contribution is 2.43. The molecule has 0 saturated heterocycles. The molecule has 0 aliphatic rings. The van der Waals surface area contributed by atoms with E-state index < -0.39 is 57.8 Å². The lowest BCUT2D eigenvalue weighted by Crippen LogP contribution is -2.30. The number of hydrogen-bond acceptors (Lipinski definition) is 10. The number of carbonyl (C=O) groups excluding carboxylic acids is 3. The van der Waals surface area contributed by atoms with E-state index in [9.17, 15) is 28.9 Å². The first-order valence-corrected chi connectivity index (χ1v) is 30.9. The number of allylic oxidation sites excluding steroid dienone is 20. The standard InChI is InChI=1S/C64H105O11P/c1-4-7-10-13-16-19-22-25-27-29-30-32-34-37-40-43-46-49-52-55-64(68)75-61(57-71-62(66)53-50-47-44-41-38-35-24-21-18-15-12-9-6-3)59-73-76(69,70)72-58-60(56-65)74-63(67)54-51-48-45-42-39-36-33-31-28-26-23-20-17-14-11-8-5-2/h8-9,11-12,17-18,20-21,25-28,33,35-36,38,42,44-45,47,60-61,65H,4-7,10,13-16,19,22-24,29-32,34,37,39-41,43,46,48-59H2,1-3H3,(H,69,70)/b11-8-,12-9-,20-17-,21-18-,27-25-,28-26-,36-33-,38-35-,45-42-,47-44-. The van der Waals surface area contributed by atoms with Gasteiger partial charge in [-0.2, -0.15) is 0 Å². The molecule has 11 nitrogen and oxygen atoms in total. The highest BCUT2D eigenvalue weighted by molar-refractivity contribution is 7.47. The summed E-state index contributed by atoms with van der Waals surface area (Å²) < 4.78 is 39.4. The van der Waals surface area contributed by atoms with E-state index in [4.69, 9.17) is 23.3 Å². The lowest BCUT2D eigenvalue weighted by Gasteiger charge is -2.21. The van der Waals surface area contributed by atoms with E-state index in [1.165, 1.54) is 83.5 Å². The van der Waals surface area contributed by atoms with Gasteiger partial charge in [0.25, 0.3) is 0 Å². The molecule has 0 aromatic carbocycles. The molecule has 0 saturated carbocycles. The molecule has 76 heavy (non-hydrogen) atoms. The summed E-state index contributed by atoms with van der Waals surface area (Å²) >= 11 is 0. The van der Waals surface area contributed by atoms with Crippen LogP contribution in [0, 0.1) is 0 Å². The van der Waals surface area contributed by atoms with Crippen LogP contribution >= 0.6 is 7.82 Å². The van der Waals surface area contributed by atoms with Gasteiger partial charge >= 0.3 is 25.7 Å². The molecule has 0 bridgehead atoms. The Morgan fingerprint density at radius 2 is 0.724 bits per heavy atom. The van der Waals surface area contributed by atoms with Gasteiger partial charge in [-0.3, -0.25) is 23.4 Å². The van der Waals surface area contributed by atoms with Crippen molar-refractivity contribution in [3.05, 3.63) is 122 Å². The van der Waals surface area contributed by atoms with E-state index >= 15 is 0 Å². The van der Waals surface area contributed by atoms with Gasteiger partial charge in [-0.15, -0.1) is 0 Å². The first-order valence-electron chi connectivity index (χ1n) is 29.4. The van der Waals surface area contributed by atoms with E-state index in [1.54, 1.807) is 0 Å². The fourth-order valence-corrected chi connectivity index (χ4v) is 8.24. The molecule has 0 heterocycles. The van der Waals surface area contributed by atoms with Crippen LogP contribution in [0.15, 0.2) is 122 Å². The molecule has 12 heteroatoms. The van der Waals surface area contributed by atoms with Gasteiger partial charge in [0.2, 0.25) is 0 Å². The van der Waals surface area contributed by atoms with Crippen LogP contribution in [0.2, 0.25) is 0 Å². The van der Waals surface area contributed by atoms with Gasteiger partial charge in [0.1, 0.15) is 12.7 Å². The van der Waals surface area contributed by atoms with Gasteiger partial charge in [-0.1, -0.05) is 219 Å². The van der Waals surface area contributed by atoms with E-state index in [0.717, 1.165) is 77.0 Å². The zero-order valence-corrected chi connectivity index (χ0v) is 48.6. The van der Waals surface area contributed by atoms with Gasteiger partial charge in [0, 0.05) is 19.3 Å². The van der Waals surface area contributed by atoms with Crippen LogP contribution in [0.5, 0.6) is 0 Å². The molecule has 0 radical (unpaired) electrons. The molecule has 0 aliphatic carbocycles. The predicted octanol–water partition coefficient (Wildman–Crippen LogP) is 17.6.